The van der Waals surface area contributed by atoms with Crippen LogP contribution in [0, 0.1) is 13.8 Å². The number of fused-ring (bicyclic) bond motifs is 1. The number of pyridine rings is 1. The highest BCUT2D eigenvalue weighted by Gasteiger charge is 2.12. The van der Waals surface area contributed by atoms with Crippen molar-refractivity contribution in [3.63, 3.8) is 0 Å². The molecule has 28 heavy (non-hydrogen) atoms. The first-order valence-electron chi connectivity index (χ1n) is 8.57. The summed E-state index contributed by atoms with van der Waals surface area (Å²) in [6, 6.07) is 13.4. The Hall–Kier alpha value is -3.81. The molecule has 0 saturated heterocycles. The van der Waals surface area contributed by atoms with Crippen molar-refractivity contribution in [1.29, 1.82) is 0 Å². The van der Waals surface area contributed by atoms with Crippen LogP contribution < -0.4 is 5.56 Å². The van der Waals surface area contributed by atoms with Gasteiger partial charge in [0.25, 0.3) is 11.4 Å². The molecule has 0 atom stereocenters. The molecular formula is C20H16N4O4. The van der Waals surface area contributed by atoms with Crippen LogP contribution in [0.1, 0.15) is 27.6 Å². The molecule has 0 N–H and O–H groups in total. The van der Waals surface area contributed by atoms with Gasteiger partial charge >= 0.3 is 5.97 Å². The number of ether oxygens (including phenoxy) is 1. The molecule has 0 radical (unpaired) electrons. The maximum Gasteiger partial charge on any atom is 0.338 e. The van der Waals surface area contributed by atoms with Crippen molar-refractivity contribution in [3.05, 3.63) is 81.7 Å². The monoisotopic (exact) mass is 376 g/mol. The molecule has 0 bridgehead atoms. The molecule has 0 aliphatic rings. The van der Waals surface area contributed by atoms with Crippen LogP contribution in [-0.2, 0) is 11.3 Å². The number of rotatable bonds is 4. The van der Waals surface area contributed by atoms with Crippen LogP contribution in [0.4, 0.5) is 0 Å². The second kappa shape index (κ2) is 7.07. The van der Waals surface area contributed by atoms with Crippen LogP contribution in [-0.4, -0.2) is 25.5 Å². The summed E-state index contributed by atoms with van der Waals surface area (Å²) in [5.74, 6) is 0.403. The number of hydrogen-bond acceptors (Lipinski definition) is 7. The number of aryl methyl sites for hydroxylation is 2. The predicted molar refractivity (Wildman–Crippen MR) is 99.8 cm³/mol. The van der Waals surface area contributed by atoms with Gasteiger partial charge < -0.3 is 9.26 Å². The number of esters is 1. The summed E-state index contributed by atoms with van der Waals surface area (Å²) < 4.78 is 11.9. The third kappa shape index (κ3) is 3.39. The molecule has 0 aliphatic carbocycles. The number of aromatic nitrogens is 4. The minimum atomic E-state index is -0.514. The van der Waals surface area contributed by atoms with Crippen LogP contribution in [0.3, 0.4) is 0 Å². The van der Waals surface area contributed by atoms with Crippen molar-refractivity contribution < 1.29 is 14.1 Å². The first kappa shape index (κ1) is 17.6. The fourth-order valence-electron chi connectivity index (χ4n) is 2.82. The van der Waals surface area contributed by atoms with Gasteiger partial charge in [0, 0.05) is 17.3 Å². The predicted octanol–water partition coefficient (Wildman–Crippen LogP) is 2.72. The number of hydrogen-bond donors (Lipinski definition) is 0. The standard InChI is InChI=1S/C20H16N4O4/c1-12-4-3-5-17-22-16(10-18(25)24(12)17)11-27-20(26)15-8-6-14(7-9-15)19-21-13(2)23-28-19/h3-10H,11H2,1-2H3. The Morgan fingerprint density at radius 3 is 2.61 bits per heavy atom. The average molecular weight is 376 g/mol. The molecule has 0 fully saturated rings. The summed E-state index contributed by atoms with van der Waals surface area (Å²) in [7, 11) is 0. The van der Waals surface area contributed by atoms with Crippen LogP contribution in [0.2, 0.25) is 0 Å². The number of benzene rings is 1. The Balaban J connectivity index is 1.48. The van der Waals surface area contributed by atoms with Gasteiger partial charge in [-0.1, -0.05) is 11.2 Å². The van der Waals surface area contributed by atoms with E-state index in [9.17, 15) is 9.59 Å². The molecule has 0 aliphatic heterocycles. The van der Waals surface area contributed by atoms with E-state index in [0.717, 1.165) is 5.69 Å². The topological polar surface area (TPSA) is 99.6 Å². The molecule has 0 unspecified atom stereocenters. The summed E-state index contributed by atoms with van der Waals surface area (Å²) in [4.78, 5) is 33.1. The zero-order chi connectivity index (χ0) is 19.7. The highest BCUT2D eigenvalue weighted by atomic mass is 16.5. The van der Waals surface area contributed by atoms with Gasteiger partial charge in [-0.25, -0.2) is 9.78 Å². The molecule has 8 heteroatoms. The third-order valence-electron chi connectivity index (χ3n) is 4.18. The molecule has 4 aromatic rings. The van der Waals surface area contributed by atoms with E-state index in [2.05, 4.69) is 15.1 Å². The molecule has 140 valence electrons. The minimum absolute atomic E-state index is 0.0941. The molecule has 1 aromatic carbocycles. The van der Waals surface area contributed by atoms with Gasteiger partial charge in [0.1, 0.15) is 12.3 Å². The van der Waals surface area contributed by atoms with Gasteiger partial charge in [-0.05, 0) is 50.2 Å². The Morgan fingerprint density at radius 1 is 1.11 bits per heavy atom. The third-order valence-corrected chi connectivity index (χ3v) is 4.18. The summed E-state index contributed by atoms with van der Waals surface area (Å²) in [5, 5.41) is 3.74. The quantitative estimate of drug-likeness (QED) is 0.505. The lowest BCUT2D eigenvalue weighted by atomic mass is 10.1. The van der Waals surface area contributed by atoms with Crippen molar-refractivity contribution in [2.45, 2.75) is 20.5 Å². The van der Waals surface area contributed by atoms with E-state index in [1.54, 1.807) is 37.3 Å². The lowest BCUT2D eigenvalue weighted by Crippen LogP contribution is -2.18. The Bertz CT molecular complexity index is 1230. The first-order valence-corrected chi connectivity index (χ1v) is 8.57. The van der Waals surface area contributed by atoms with Crippen molar-refractivity contribution in [2.24, 2.45) is 0 Å². The van der Waals surface area contributed by atoms with E-state index in [1.165, 1.54) is 10.5 Å². The smallest absolute Gasteiger partial charge is 0.338 e. The van der Waals surface area contributed by atoms with Crippen molar-refractivity contribution in [1.82, 2.24) is 19.5 Å². The highest BCUT2D eigenvalue weighted by molar-refractivity contribution is 5.89. The molecule has 3 heterocycles. The number of carbonyl (C=O) groups excluding carboxylic acids is 1. The van der Waals surface area contributed by atoms with Crippen LogP contribution in [0.15, 0.2) is 57.8 Å². The first-order chi connectivity index (χ1) is 13.5. The zero-order valence-electron chi connectivity index (χ0n) is 15.2. The van der Waals surface area contributed by atoms with Crippen LogP contribution >= 0.6 is 0 Å². The fraction of sp³-hybridized carbons (Fsp3) is 0.150. The summed E-state index contributed by atoms with van der Waals surface area (Å²) in [6.45, 7) is 3.46. The van der Waals surface area contributed by atoms with Crippen molar-refractivity contribution >= 4 is 11.6 Å². The summed E-state index contributed by atoms with van der Waals surface area (Å²) in [5.41, 5.74) is 2.55. The lowest BCUT2D eigenvalue weighted by Gasteiger charge is -2.07. The Labute approximate surface area is 159 Å². The maximum atomic E-state index is 12.3. The maximum absolute atomic E-state index is 12.3. The Morgan fingerprint density at radius 2 is 1.89 bits per heavy atom. The van der Waals surface area contributed by atoms with Crippen molar-refractivity contribution in [2.75, 3.05) is 0 Å². The molecular weight excluding hydrogens is 360 g/mol. The van der Waals surface area contributed by atoms with E-state index in [4.69, 9.17) is 9.26 Å². The number of nitrogens with zero attached hydrogens (tertiary/aromatic N) is 4. The van der Waals surface area contributed by atoms with E-state index in [0.29, 0.717) is 34.2 Å². The van der Waals surface area contributed by atoms with Gasteiger partial charge in [-0.2, -0.15) is 4.98 Å². The highest BCUT2D eigenvalue weighted by Crippen LogP contribution is 2.18. The fourth-order valence-corrected chi connectivity index (χ4v) is 2.82. The van der Waals surface area contributed by atoms with Crippen LogP contribution in [0.5, 0.6) is 0 Å². The minimum Gasteiger partial charge on any atom is -0.456 e. The van der Waals surface area contributed by atoms with E-state index >= 15 is 0 Å². The largest absolute Gasteiger partial charge is 0.456 e. The zero-order valence-corrected chi connectivity index (χ0v) is 15.2. The molecule has 0 amide bonds. The Kier molecular flexibility index (Phi) is 4.44. The van der Waals surface area contributed by atoms with Gasteiger partial charge in [0.05, 0.1) is 11.3 Å². The van der Waals surface area contributed by atoms with E-state index in [-0.39, 0.29) is 12.2 Å². The van der Waals surface area contributed by atoms with Gasteiger partial charge in [0.15, 0.2) is 5.82 Å². The molecule has 3 aromatic heterocycles. The molecule has 0 spiro atoms. The van der Waals surface area contributed by atoms with Gasteiger partial charge in [0.2, 0.25) is 0 Å². The lowest BCUT2D eigenvalue weighted by molar-refractivity contribution is 0.0467. The van der Waals surface area contributed by atoms with E-state index < -0.39 is 5.97 Å². The van der Waals surface area contributed by atoms with E-state index in [1.807, 2.05) is 19.1 Å². The second-order valence-corrected chi connectivity index (χ2v) is 6.25. The summed E-state index contributed by atoms with van der Waals surface area (Å²) in [6.07, 6.45) is 0. The normalized spacial score (nSPS) is 10.9. The van der Waals surface area contributed by atoms with Gasteiger partial charge in [-0.3, -0.25) is 9.20 Å². The van der Waals surface area contributed by atoms with Crippen LogP contribution in [0.25, 0.3) is 17.1 Å². The molecule has 8 nitrogen and oxygen atoms in total. The molecule has 4 rings (SSSR count). The summed E-state index contributed by atoms with van der Waals surface area (Å²) >= 11 is 0. The molecule has 0 saturated carbocycles. The van der Waals surface area contributed by atoms with Gasteiger partial charge in [-0.15, -0.1) is 0 Å². The average Bonchev–Trinajstić information content (AvgIpc) is 3.12. The number of carbonyl (C=O) groups is 1. The second-order valence-electron chi connectivity index (χ2n) is 6.25. The SMILES string of the molecule is Cc1noc(-c2ccc(C(=O)OCc3cc(=O)n4c(C)cccc4n3)cc2)n1. The van der Waals surface area contributed by atoms with Crippen molar-refractivity contribution in [3.8, 4) is 11.5 Å².